The van der Waals surface area contributed by atoms with E-state index >= 15 is 0 Å². The van der Waals surface area contributed by atoms with E-state index in [0.29, 0.717) is 29.3 Å². The van der Waals surface area contributed by atoms with Crippen molar-refractivity contribution in [1.29, 1.82) is 0 Å². The van der Waals surface area contributed by atoms with Gasteiger partial charge in [0, 0.05) is 18.2 Å². The molecule has 1 aliphatic carbocycles. The van der Waals surface area contributed by atoms with Gasteiger partial charge in [0.2, 0.25) is 5.91 Å². The quantitative estimate of drug-likeness (QED) is 0.784. The predicted molar refractivity (Wildman–Crippen MR) is 95.2 cm³/mol. The molecule has 1 N–H and O–H groups in total. The Kier molecular flexibility index (Phi) is 5.89. The van der Waals surface area contributed by atoms with Gasteiger partial charge in [-0.05, 0) is 26.7 Å². The molecule has 0 spiro atoms. The number of rotatable bonds is 6. The summed E-state index contributed by atoms with van der Waals surface area (Å²) in [5, 5.41) is 12.7. The van der Waals surface area contributed by atoms with Crippen LogP contribution in [-0.4, -0.2) is 32.9 Å². The number of amides is 1. The summed E-state index contributed by atoms with van der Waals surface area (Å²) in [6.45, 7) is 3.89. The second-order valence-corrected chi connectivity index (χ2v) is 8.27. The van der Waals surface area contributed by atoms with Crippen LogP contribution in [0.25, 0.3) is 10.8 Å². The second-order valence-electron chi connectivity index (χ2n) is 6.02. The number of thiazole rings is 1. The highest BCUT2D eigenvalue weighted by Gasteiger charge is 2.17. The lowest BCUT2D eigenvalue weighted by atomic mass is 9.95. The van der Waals surface area contributed by atoms with Crippen molar-refractivity contribution >= 4 is 29.0 Å². The number of carbonyl (C=O) groups is 1. The van der Waals surface area contributed by atoms with Crippen LogP contribution in [0.4, 0.5) is 0 Å². The molecule has 0 unspecified atom stereocenters. The lowest BCUT2D eigenvalue weighted by molar-refractivity contribution is -0.121. The summed E-state index contributed by atoms with van der Waals surface area (Å²) < 4.78 is 5.68. The summed E-state index contributed by atoms with van der Waals surface area (Å²) in [7, 11) is 0. The van der Waals surface area contributed by atoms with Gasteiger partial charge >= 0.3 is 0 Å². The Morgan fingerprint density at radius 1 is 1.29 bits per heavy atom. The predicted octanol–water partition coefficient (Wildman–Crippen LogP) is 3.74. The molecule has 130 valence electrons. The van der Waals surface area contributed by atoms with Gasteiger partial charge in [0.25, 0.3) is 11.1 Å². The summed E-state index contributed by atoms with van der Waals surface area (Å²) in [6, 6.07) is 0.365. The van der Waals surface area contributed by atoms with Gasteiger partial charge in [-0.3, -0.25) is 4.79 Å². The van der Waals surface area contributed by atoms with E-state index in [-0.39, 0.29) is 5.91 Å². The van der Waals surface area contributed by atoms with Crippen molar-refractivity contribution in [2.45, 2.75) is 63.6 Å². The number of nitrogens with zero attached hydrogens (tertiary/aromatic N) is 3. The third-order valence-electron chi connectivity index (χ3n) is 4.03. The summed E-state index contributed by atoms with van der Waals surface area (Å²) in [5.41, 5.74) is 0.907. The molecule has 2 heterocycles. The zero-order valence-electron chi connectivity index (χ0n) is 14.0. The Labute approximate surface area is 149 Å². The van der Waals surface area contributed by atoms with Crippen molar-refractivity contribution in [3.05, 3.63) is 10.7 Å². The molecule has 1 fully saturated rings. The second kappa shape index (κ2) is 8.11. The van der Waals surface area contributed by atoms with Crippen molar-refractivity contribution < 1.29 is 9.21 Å². The molecule has 6 nitrogen and oxygen atoms in total. The Balaban J connectivity index is 1.45. The standard InChI is InChI=1S/C16H22N4O2S2/c1-10-14(24-11(2)17-10)15-19-20-16(22-15)23-9-8-13(21)18-12-6-4-3-5-7-12/h12H,3-9H2,1-2H3,(H,18,21). The van der Waals surface area contributed by atoms with Gasteiger partial charge < -0.3 is 9.73 Å². The van der Waals surface area contributed by atoms with Gasteiger partial charge in [0.05, 0.1) is 10.7 Å². The topological polar surface area (TPSA) is 80.9 Å². The lowest BCUT2D eigenvalue weighted by Gasteiger charge is -2.22. The SMILES string of the molecule is Cc1nc(C)c(-c2nnc(SCCC(=O)NC3CCCCC3)o2)s1. The van der Waals surface area contributed by atoms with Gasteiger partial charge in [-0.15, -0.1) is 21.5 Å². The maximum Gasteiger partial charge on any atom is 0.276 e. The fraction of sp³-hybridized carbons (Fsp3) is 0.625. The van der Waals surface area contributed by atoms with E-state index in [1.807, 2.05) is 13.8 Å². The van der Waals surface area contributed by atoms with Crippen molar-refractivity contribution in [3.8, 4) is 10.8 Å². The molecule has 0 bridgehead atoms. The number of carbonyl (C=O) groups excluding carboxylic acids is 1. The van der Waals surface area contributed by atoms with Crippen LogP contribution in [-0.2, 0) is 4.79 Å². The van der Waals surface area contributed by atoms with Gasteiger partial charge in [0.15, 0.2) is 0 Å². The Bertz CT molecular complexity index is 692. The average Bonchev–Trinajstić information content (AvgIpc) is 3.14. The molecule has 2 aromatic heterocycles. The van der Waals surface area contributed by atoms with Crippen LogP contribution in [0.1, 0.15) is 49.2 Å². The Hall–Kier alpha value is -1.41. The molecule has 0 aliphatic heterocycles. The van der Waals surface area contributed by atoms with Gasteiger partial charge in [0.1, 0.15) is 4.88 Å². The fourth-order valence-electron chi connectivity index (χ4n) is 2.87. The molecule has 3 rings (SSSR count). The zero-order chi connectivity index (χ0) is 16.9. The van der Waals surface area contributed by atoms with E-state index in [1.54, 1.807) is 11.3 Å². The number of nitrogens with one attached hydrogen (secondary N) is 1. The van der Waals surface area contributed by atoms with E-state index in [4.69, 9.17) is 4.42 Å². The number of aromatic nitrogens is 3. The van der Waals surface area contributed by atoms with Gasteiger partial charge in [-0.2, -0.15) is 0 Å². The molecule has 1 aliphatic rings. The van der Waals surface area contributed by atoms with Crippen LogP contribution in [0.15, 0.2) is 9.64 Å². The highest BCUT2D eigenvalue weighted by Crippen LogP contribution is 2.30. The van der Waals surface area contributed by atoms with Crippen molar-refractivity contribution in [2.75, 3.05) is 5.75 Å². The van der Waals surface area contributed by atoms with E-state index in [0.717, 1.165) is 28.4 Å². The van der Waals surface area contributed by atoms with Crippen LogP contribution in [0.3, 0.4) is 0 Å². The maximum absolute atomic E-state index is 12.0. The minimum atomic E-state index is 0.114. The average molecular weight is 367 g/mol. The minimum absolute atomic E-state index is 0.114. The summed E-state index contributed by atoms with van der Waals surface area (Å²) in [4.78, 5) is 17.3. The molecule has 2 aromatic rings. The molecule has 0 saturated heterocycles. The Morgan fingerprint density at radius 3 is 2.79 bits per heavy atom. The van der Waals surface area contributed by atoms with Crippen LogP contribution in [0.5, 0.6) is 0 Å². The molecule has 1 saturated carbocycles. The normalized spacial score (nSPS) is 15.6. The lowest BCUT2D eigenvalue weighted by Crippen LogP contribution is -2.36. The summed E-state index contributed by atoms with van der Waals surface area (Å²) in [6.07, 6.45) is 6.43. The Morgan fingerprint density at radius 2 is 2.08 bits per heavy atom. The van der Waals surface area contributed by atoms with Gasteiger partial charge in [-0.1, -0.05) is 31.0 Å². The molecule has 8 heteroatoms. The molecule has 0 atom stereocenters. The van der Waals surface area contributed by atoms with E-state index in [2.05, 4.69) is 20.5 Å². The third-order valence-corrected chi connectivity index (χ3v) is 5.91. The van der Waals surface area contributed by atoms with Crippen LogP contribution in [0.2, 0.25) is 0 Å². The number of aryl methyl sites for hydroxylation is 2. The third kappa shape index (κ3) is 4.57. The summed E-state index contributed by atoms with van der Waals surface area (Å²) in [5.74, 6) is 1.26. The first-order valence-corrected chi connectivity index (χ1v) is 10.1. The summed E-state index contributed by atoms with van der Waals surface area (Å²) >= 11 is 2.97. The first-order chi connectivity index (χ1) is 11.6. The molecule has 24 heavy (non-hydrogen) atoms. The van der Waals surface area contributed by atoms with Crippen molar-refractivity contribution in [2.24, 2.45) is 0 Å². The van der Waals surface area contributed by atoms with Crippen LogP contribution >= 0.6 is 23.1 Å². The van der Waals surface area contributed by atoms with E-state index in [9.17, 15) is 4.79 Å². The monoisotopic (exact) mass is 366 g/mol. The van der Waals surface area contributed by atoms with Crippen molar-refractivity contribution in [3.63, 3.8) is 0 Å². The highest BCUT2D eigenvalue weighted by molar-refractivity contribution is 7.99. The number of thioether (sulfide) groups is 1. The molecule has 1 amide bonds. The zero-order valence-corrected chi connectivity index (χ0v) is 15.6. The molecular formula is C16H22N4O2S2. The molecular weight excluding hydrogens is 344 g/mol. The minimum Gasteiger partial charge on any atom is -0.410 e. The van der Waals surface area contributed by atoms with Crippen LogP contribution < -0.4 is 5.32 Å². The van der Waals surface area contributed by atoms with Crippen LogP contribution in [0, 0.1) is 13.8 Å². The van der Waals surface area contributed by atoms with E-state index in [1.165, 1.54) is 31.0 Å². The van der Waals surface area contributed by atoms with Crippen molar-refractivity contribution in [1.82, 2.24) is 20.5 Å². The highest BCUT2D eigenvalue weighted by atomic mass is 32.2. The molecule has 0 radical (unpaired) electrons. The largest absolute Gasteiger partial charge is 0.410 e. The van der Waals surface area contributed by atoms with E-state index < -0.39 is 0 Å². The number of hydrogen-bond donors (Lipinski definition) is 1. The molecule has 0 aromatic carbocycles. The first-order valence-electron chi connectivity index (χ1n) is 8.32. The maximum atomic E-state index is 12.0. The number of hydrogen-bond acceptors (Lipinski definition) is 7. The first kappa shape index (κ1) is 17.4. The smallest absolute Gasteiger partial charge is 0.276 e. The van der Waals surface area contributed by atoms with Gasteiger partial charge in [-0.25, -0.2) is 4.98 Å². The fourth-order valence-corrected chi connectivity index (χ4v) is 4.41.